The van der Waals surface area contributed by atoms with Crippen molar-refractivity contribution in [1.29, 1.82) is 0 Å². The molecular weight excluding hydrogens is 243 g/mol. The van der Waals surface area contributed by atoms with Gasteiger partial charge in [-0.3, -0.25) is 0 Å². The minimum Gasteiger partial charge on any atom is -0.392 e. The Morgan fingerprint density at radius 1 is 1.37 bits per heavy atom. The van der Waals surface area contributed by atoms with Gasteiger partial charge in [-0.25, -0.2) is 4.39 Å². The summed E-state index contributed by atoms with van der Waals surface area (Å²) in [5, 5.41) is 10.5. The molecule has 3 heteroatoms. The minimum absolute atomic E-state index is 0.0609. The number of ether oxygens (including phenoxy) is 1. The van der Waals surface area contributed by atoms with E-state index in [9.17, 15) is 9.50 Å². The van der Waals surface area contributed by atoms with Gasteiger partial charge < -0.3 is 9.84 Å². The summed E-state index contributed by atoms with van der Waals surface area (Å²) < 4.78 is 19.2. The van der Waals surface area contributed by atoms with Crippen molar-refractivity contribution < 1.29 is 14.2 Å². The lowest BCUT2D eigenvalue weighted by atomic mass is 9.81. The maximum absolute atomic E-state index is 13.2. The summed E-state index contributed by atoms with van der Waals surface area (Å²) in [7, 11) is 0. The second kappa shape index (κ2) is 4.88. The van der Waals surface area contributed by atoms with Crippen LogP contribution in [0, 0.1) is 11.7 Å². The van der Waals surface area contributed by atoms with Gasteiger partial charge in [-0.05, 0) is 58.2 Å². The van der Waals surface area contributed by atoms with Crippen molar-refractivity contribution in [3.63, 3.8) is 0 Å². The fourth-order valence-corrected chi connectivity index (χ4v) is 3.25. The first-order chi connectivity index (χ1) is 8.70. The normalized spacial score (nSPS) is 26.3. The maximum atomic E-state index is 13.2. The lowest BCUT2D eigenvalue weighted by Gasteiger charge is -2.30. The predicted molar refractivity (Wildman–Crippen MR) is 73.5 cm³/mol. The van der Waals surface area contributed by atoms with Crippen molar-refractivity contribution in [3.05, 3.63) is 35.6 Å². The van der Waals surface area contributed by atoms with Gasteiger partial charge in [0.05, 0.1) is 17.3 Å². The summed E-state index contributed by atoms with van der Waals surface area (Å²) in [6.45, 7) is 8.12. The van der Waals surface area contributed by atoms with Crippen LogP contribution in [0.5, 0.6) is 0 Å². The molecule has 0 saturated carbocycles. The van der Waals surface area contributed by atoms with E-state index in [4.69, 9.17) is 4.74 Å². The highest BCUT2D eigenvalue weighted by Crippen LogP contribution is 2.44. The number of aliphatic hydroxyl groups excluding tert-OH is 1. The average Bonchev–Trinajstić information content (AvgIpc) is 2.46. The monoisotopic (exact) mass is 266 g/mol. The fraction of sp³-hybridized carbons (Fsp3) is 0.625. The van der Waals surface area contributed by atoms with Gasteiger partial charge >= 0.3 is 0 Å². The first kappa shape index (κ1) is 14.5. The minimum atomic E-state index is -0.515. The molecule has 106 valence electrons. The third-order valence-corrected chi connectivity index (χ3v) is 3.94. The molecule has 1 saturated heterocycles. The van der Waals surface area contributed by atoms with Crippen LogP contribution in [0.1, 0.15) is 39.7 Å². The molecule has 2 nitrogen and oxygen atoms in total. The molecule has 0 bridgehead atoms. The number of aliphatic hydroxyl groups is 1. The van der Waals surface area contributed by atoms with Crippen LogP contribution in [0.15, 0.2) is 24.3 Å². The van der Waals surface area contributed by atoms with E-state index < -0.39 is 6.10 Å². The van der Waals surface area contributed by atoms with Crippen molar-refractivity contribution >= 4 is 0 Å². The van der Waals surface area contributed by atoms with Crippen LogP contribution in [0.4, 0.5) is 4.39 Å². The highest BCUT2D eigenvalue weighted by molar-refractivity contribution is 5.17. The Hall–Kier alpha value is -0.930. The summed E-state index contributed by atoms with van der Waals surface area (Å²) in [5.74, 6) is -0.197. The Kier molecular flexibility index (Phi) is 3.72. The number of rotatable bonds is 3. The predicted octanol–water partition coefficient (Wildman–Crippen LogP) is 3.32. The molecule has 0 spiro atoms. The van der Waals surface area contributed by atoms with Crippen LogP contribution in [-0.2, 0) is 11.2 Å². The van der Waals surface area contributed by atoms with Crippen molar-refractivity contribution in [3.8, 4) is 0 Å². The summed E-state index contributed by atoms with van der Waals surface area (Å²) >= 11 is 0. The van der Waals surface area contributed by atoms with Gasteiger partial charge in [0.1, 0.15) is 5.82 Å². The van der Waals surface area contributed by atoms with E-state index in [-0.39, 0.29) is 22.9 Å². The molecule has 1 aliphatic rings. The summed E-state index contributed by atoms with van der Waals surface area (Å²) in [5.41, 5.74) is 0.265. The quantitative estimate of drug-likeness (QED) is 0.909. The smallest absolute Gasteiger partial charge is 0.123 e. The van der Waals surface area contributed by atoms with Crippen molar-refractivity contribution in [1.82, 2.24) is 0 Å². The lowest BCUT2D eigenvalue weighted by Crippen LogP contribution is -2.37. The molecule has 1 heterocycles. The number of halogens is 1. The first-order valence-corrected chi connectivity index (χ1v) is 6.82. The summed E-state index contributed by atoms with van der Waals surface area (Å²) in [6, 6.07) is 6.43. The molecule has 2 atom stereocenters. The summed E-state index contributed by atoms with van der Waals surface area (Å²) in [6.07, 6.45) is 0.764. The third-order valence-electron chi connectivity index (χ3n) is 3.94. The largest absolute Gasteiger partial charge is 0.392 e. The van der Waals surface area contributed by atoms with Crippen molar-refractivity contribution in [2.75, 3.05) is 0 Å². The Labute approximate surface area is 114 Å². The molecule has 0 aromatic heterocycles. The number of hydrogen-bond donors (Lipinski definition) is 1. The molecule has 2 rings (SSSR count). The Morgan fingerprint density at radius 2 is 2.05 bits per heavy atom. The molecule has 0 radical (unpaired) electrons. The van der Waals surface area contributed by atoms with Crippen molar-refractivity contribution in [2.24, 2.45) is 5.92 Å². The molecule has 1 aliphatic heterocycles. The second-order valence-corrected chi connectivity index (χ2v) is 6.68. The van der Waals surface area contributed by atoms with Gasteiger partial charge in [0, 0.05) is 5.92 Å². The van der Waals surface area contributed by atoms with Gasteiger partial charge in [0.25, 0.3) is 0 Å². The van der Waals surface area contributed by atoms with Gasteiger partial charge in [-0.1, -0.05) is 12.1 Å². The molecule has 1 aromatic carbocycles. The lowest BCUT2D eigenvalue weighted by molar-refractivity contribution is -0.0873. The van der Waals surface area contributed by atoms with Gasteiger partial charge in [-0.15, -0.1) is 0 Å². The zero-order chi connectivity index (χ0) is 14.3. The van der Waals surface area contributed by atoms with Crippen LogP contribution in [0.25, 0.3) is 0 Å². The first-order valence-electron chi connectivity index (χ1n) is 6.82. The SMILES string of the molecule is CC1(C)CC(C(O)Cc2cccc(F)c2)C(C)(C)O1. The van der Waals surface area contributed by atoms with Crippen LogP contribution >= 0.6 is 0 Å². The molecule has 0 aliphatic carbocycles. The van der Waals surface area contributed by atoms with E-state index in [0.717, 1.165) is 12.0 Å². The molecule has 1 N–H and O–H groups in total. The van der Waals surface area contributed by atoms with Crippen LogP contribution in [0.2, 0.25) is 0 Å². The van der Waals surface area contributed by atoms with E-state index in [1.807, 2.05) is 33.8 Å². The van der Waals surface area contributed by atoms with Crippen molar-refractivity contribution in [2.45, 2.75) is 57.8 Å². The van der Waals surface area contributed by atoms with Crippen LogP contribution in [0.3, 0.4) is 0 Å². The van der Waals surface area contributed by atoms with Gasteiger partial charge in [-0.2, -0.15) is 0 Å². The number of hydrogen-bond acceptors (Lipinski definition) is 2. The Morgan fingerprint density at radius 3 is 2.58 bits per heavy atom. The average molecular weight is 266 g/mol. The molecule has 19 heavy (non-hydrogen) atoms. The standard InChI is InChI=1S/C16H23FO2/c1-15(2)10-13(16(3,4)19-15)14(18)9-11-6-5-7-12(17)8-11/h5-8,13-14,18H,9-10H2,1-4H3. The van der Waals surface area contributed by atoms with E-state index in [0.29, 0.717) is 6.42 Å². The fourth-order valence-electron chi connectivity index (χ4n) is 3.25. The van der Waals surface area contributed by atoms with E-state index >= 15 is 0 Å². The topological polar surface area (TPSA) is 29.5 Å². The highest BCUT2D eigenvalue weighted by Gasteiger charge is 2.48. The second-order valence-electron chi connectivity index (χ2n) is 6.68. The third kappa shape index (κ3) is 3.34. The van der Waals surface area contributed by atoms with E-state index in [1.54, 1.807) is 6.07 Å². The van der Waals surface area contributed by atoms with Gasteiger partial charge in [0.15, 0.2) is 0 Å². The summed E-state index contributed by atoms with van der Waals surface area (Å²) in [4.78, 5) is 0. The Bertz CT molecular complexity index is 454. The van der Waals surface area contributed by atoms with E-state index in [1.165, 1.54) is 12.1 Å². The molecule has 1 fully saturated rings. The highest BCUT2D eigenvalue weighted by atomic mass is 19.1. The molecule has 1 aromatic rings. The Balaban J connectivity index is 2.10. The number of benzene rings is 1. The molecule has 2 unspecified atom stereocenters. The zero-order valence-corrected chi connectivity index (χ0v) is 12.1. The van der Waals surface area contributed by atoms with Crippen LogP contribution < -0.4 is 0 Å². The maximum Gasteiger partial charge on any atom is 0.123 e. The van der Waals surface area contributed by atoms with Crippen LogP contribution in [-0.4, -0.2) is 22.4 Å². The zero-order valence-electron chi connectivity index (χ0n) is 12.1. The molecule has 0 amide bonds. The molecular formula is C16H23FO2. The van der Waals surface area contributed by atoms with Gasteiger partial charge in [0.2, 0.25) is 0 Å². The van der Waals surface area contributed by atoms with E-state index in [2.05, 4.69) is 0 Å².